The van der Waals surface area contributed by atoms with Gasteiger partial charge < -0.3 is 14.7 Å². The van der Waals surface area contributed by atoms with Gasteiger partial charge in [-0.1, -0.05) is 25.4 Å². The lowest BCUT2D eigenvalue weighted by Crippen LogP contribution is -2.46. The molecular weight excluding hydrogens is 428 g/mol. The van der Waals surface area contributed by atoms with Crippen molar-refractivity contribution in [3.05, 3.63) is 34.0 Å². The maximum Gasteiger partial charge on any atom is 0.252 e. The molecule has 2 atom stereocenters. The van der Waals surface area contributed by atoms with E-state index in [1.807, 2.05) is 11.8 Å². The van der Waals surface area contributed by atoms with Crippen molar-refractivity contribution in [1.82, 2.24) is 4.90 Å². The first kappa shape index (κ1) is 22.8. The monoisotopic (exact) mass is 458 g/mol. The van der Waals surface area contributed by atoms with Crippen molar-refractivity contribution in [3.63, 3.8) is 0 Å². The molecule has 2 aliphatic heterocycles. The molecule has 32 heavy (non-hydrogen) atoms. The molecule has 1 saturated carbocycles. The third-order valence-electron chi connectivity index (χ3n) is 6.87. The summed E-state index contributed by atoms with van der Waals surface area (Å²) in [5.41, 5.74) is 2.56. The highest BCUT2D eigenvalue weighted by molar-refractivity contribution is 6.32. The molecular formula is C25H31ClN2O4. The molecule has 1 aromatic carbocycles. The van der Waals surface area contributed by atoms with E-state index in [0.717, 1.165) is 25.0 Å². The van der Waals surface area contributed by atoms with Gasteiger partial charge in [0.2, 0.25) is 0 Å². The van der Waals surface area contributed by atoms with E-state index >= 15 is 0 Å². The second-order valence-electron chi connectivity index (χ2n) is 9.95. The first-order valence-corrected chi connectivity index (χ1v) is 11.7. The van der Waals surface area contributed by atoms with Gasteiger partial charge in [-0.25, -0.2) is 0 Å². The van der Waals surface area contributed by atoms with Crippen LogP contribution in [0.1, 0.15) is 64.4 Å². The topological polar surface area (TPSA) is 79.2 Å². The van der Waals surface area contributed by atoms with Crippen LogP contribution in [0.5, 0.6) is 11.5 Å². The number of aliphatic imine (C=N–C) groups is 1. The van der Waals surface area contributed by atoms with Crippen LogP contribution >= 0.6 is 11.6 Å². The number of carbonyl (C=O) groups is 2. The normalized spacial score (nSPS) is 25.3. The van der Waals surface area contributed by atoms with Crippen LogP contribution in [0.25, 0.3) is 0 Å². The Morgan fingerprint density at radius 2 is 1.88 bits per heavy atom. The number of rotatable bonds is 3. The first-order chi connectivity index (χ1) is 15.1. The maximum absolute atomic E-state index is 13.7. The second kappa shape index (κ2) is 8.54. The summed E-state index contributed by atoms with van der Waals surface area (Å²) in [6, 6.07) is 3.34. The first-order valence-electron chi connectivity index (χ1n) is 11.3. The van der Waals surface area contributed by atoms with E-state index in [-0.39, 0.29) is 33.6 Å². The van der Waals surface area contributed by atoms with Crippen molar-refractivity contribution in [3.8, 4) is 11.5 Å². The summed E-state index contributed by atoms with van der Waals surface area (Å²) in [5, 5.41) is 10.4. The maximum atomic E-state index is 13.7. The van der Waals surface area contributed by atoms with Crippen LogP contribution in [-0.4, -0.2) is 47.6 Å². The number of nitrogens with zero attached hydrogens (tertiary/aromatic N) is 2. The molecule has 1 saturated heterocycles. The molecule has 2 fully saturated rings. The van der Waals surface area contributed by atoms with Crippen molar-refractivity contribution in [2.24, 2.45) is 16.3 Å². The molecule has 2 heterocycles. The van der Waals surface area contributed by atoms with Crippen molar-refractivity contribution in [2.75, 3.05) is 20.2 Å². The molecule has 0 bridgehead atoms. The minimum absolute atomic E-state index is 0.0594. The number of fused-ring (bicyclic) bond motifs is 1. The third-order valence-corrected chi connectivity index (χ3v) is 7.16. The molecule has 4 rings (SSSR count). The molecule has 172 valence electrons. The number of benzene rings is 1. The molecule has 1 amide bonds. The minimum Gasteiger partial charge on any atom is -0.503 e. The van der Waals surface area contributed by atoms with Gasteiger partial charge in [0.25, 0.3) is 5.91 Å². The number of hydrogen-bond donors (Lipinski definition) is 1. The molecule has 1 N–H and O–H groups in total. The quantitative estimate of drug-likeness (QED) is 0.699. The lowest BCUT2D eigenvalue weighted by molar-refractivity contribution is -0.128. The standard InChI is InChI=1S/C25H31ClN2O4/c1-14-20(24(31)28-8-6-5-7-9-28)21(15-10-16(26)23(30)19(11-15)32-4)22-17(27-14)12-25(2,3)13-18(22)29/h10-11,21-22,30H,5-9,12-13H2,1-4H3/t21-,22+/m1/s1. The molecule has 7 heteroatoms. The summed E-state index contributed by atoms with van der Waals surface area (Å²) in [4.78, 5) is 33.9. The predicted molar refractivity (Wildman–Crippen MR) is 124 cm³/mol. The number of aromatic hydroxyl groups is 1. The predicted octanol–water partition coefficient (Wildman–Crippen LogP) is 4.88. The summed E-state index contributed by atoms with van der Waals surface area (Å²) >= 11 is 6.33. The fraction of sp³-hybridized carbons (Fsp3) is 0.560. The van der Waals surface area contributed by atoms with Crippen LogP contribution in [0.15, 0.2) is 28.4 Å². The van der Waals surface area contributed by atoms with E-state index in [9.17, 15) is 14.7 Å². The van der Waals surface area contributed by atoms with E-state index in [1.54, 1.807) is 12.1 Å². The third kappa shape index (κ3) is 4.05. The van der Waals surface area contributed by atoms with Gasteiger partial charge in [0.15, 0.2) is 11.5 Å². The molecule has 1 aliphatic carbocycles. The zero-order valence-electron chi connectivity index (χ0n) is 19.2. The highest BCUT2D eigenvalue weighted by Gasteiger charge is 2.48. The van der Waals surface area contributed by atoms with Crippen LogP contribution in [0.4, 0.5) is 0 Å². The molecule has 0 aromatic heterocycles. The molecule has 0 spiro atoms. The Balaban J connectivity index is 1.88. The van der Waals surface area contributed by atoms with Crippen LogP contribution in [-0.2, 0) is 9.59 Å². The SMILES string of the molecule is COc1cc([C@@H]2C(C(=O)N3CCCCC3)=C(C)N=C3CC(C)(C)CC(=O)[C@H]32)cc(Cl)c1O. The number of phenolic OH excluding ortho intramolecular Hbond substituents is 1. The van der Waals surface area contributed by atoms with Gasteiger partial charge in [-0.15, -0.1) is 0 Å². The van der Waals surface area contributed by atoms with Gasteiger partial charge in [0.05, 0.1) is 18.1 Å². The Hall–Kier alpha value is -2.34. The molecule has 6 nitrogen and oxygen atoms in total. The minimum atomic E-state index is -0.513. The largest absolute Gasteiger partial charge is 0.503 e. The van der Waals surface area contributed by atoms with Crippen molar-refractivity contribution in [2.45, 2.75) is 58.8 Å². The Morgan fingerprint density at radius 3 is 2.53 bits per heavy atom. The molecule has 1 aromatic rings. The molecule has 0 unspecified atom stereocenters. The van der Waals surface area contributed by atoms with Gasteiger partial charge in [-0.05, 0) is 55.7 Å². The number of halogens is 1. The van der Waals surface area contributed by atoms with E-state index in [0.29, 0.717) is 42.8 Å². The van der Waals surface area contributed by atoms with E-state index in [1.165, 1.54) is 7.11 Å². The Morgan fingerprint density at radius 1 is 1.19 bits per heavy atom. The van der Waals surface area contributed by atoms with Crippen LogP contribution in [0.2, 0.25) is 5.02 Å². The number of carbonyl (C=O) groups excluding carboxylic acids is 2. The number of piperidine rings is 1. The smallest absolute Gasteiger partial charge is 0.252 e. The van der Waals surface area contributed by atoms with Crippen molar-refractivity contribution in [1.29, 1.82) is 0 Å². The van der Waals surface area contributed by atoms with Crippen molar-refractivity contribution >= 4 is 29.0 Å². The zero-order chi connectivity index (χ0) is 23.2. The number of ketones is 1. The second-order valence-corrected chi connectivity index (χ2v) is 10.4. The van der Waals surface area contributed by atoms with Gasteiger partial charge >= 0.3 is 0 Å². The number of phenols is 1. The Kier molecular flexibility index (Phi) is 6.10. The van der Waals surface area contributed by atoms with Crippen LogP contribution < -0.4 is 4.74 Å². The average molecular weight is 459 g/mol. The summed E-state index contributed by atoms with van der Waals surface area (Å²) in [6.07, 6.45) is 4.21. The number of ether oxygens (including phenoxy) is 1. The molecule has 0 radical (unpaired) electrons. The lowest BCUT2D eigenvalue weighted by Gasteiger charge is -2.42. The summed E-state index contributed by atoms with van der Waals surface area (Å²) in [7, 11) is 1.46. The fourth-order valence-electron chi connectivity index (χ4n) is 5.43. The van der Waals surface area contributed by atoms with Crippen LogP contribution in [0.3, 0.4) is 0 Å². The Bertz CT molecular complexity index is 1020. The van der Waals surface area contributed by atoms with E-state index in [2.05, 4.69) is 13.8 Å². The number of amides is 1. The van der Waals surface area contributed by atoms with Gasteiger partial charge in [0, 0.05) is 42.4 Å². The van der Waals surface area contributed by atoms with E-state index in [4.69, 9.17) is 21.3 Å². The summed E-state index contributed by atoms with van der Waals surface area (Å²) in [5.74, 6) is -0.917. The highest BCUT2D eigenvalue weighted by Crippen LogP contribution is 2.49. The lowest BCUT2D eigenvalue weighted by atomic mass is 9.63. The highest BCUT2D eigenvalue weighted by atomic mass is 35.5. The average Bonchev–Trinajstić information content (AvgIpc) is 2.74. The van der Waals surface area contributed by atoms with Gasteiger partial charge in [-0.2, -0.15) is 0 Å². The van der Waals surface area contributed by atoms with Gasteiger partial charge in [0.1, 0.15) is 5.78 Å². The number of Topliss-reactive ketones (excluding diaryl/α,β-unsaturated/α-hetero) is 1. The number of hydrogen-bond acceptors (Lipinski definition) is 5. The van der Waals surface area contributed by atoms with E-state index < -0.39 is 11.8 Å². The summed E-state index contributed by atoms with van der Waals surface area (Å²) in [6.45, 7) is 7.44. The zero-order valence-corrected chi connectivity index (χ0v) is 20.0. The van der Waals surface area contributed by atoms with Gasteiger partial charge in [-0.3, -0.25) is 14.6 Å². The fourth-order valence-corrected chi connectivity index (χ4v) is 5.65. The van der Waals surface area contributed by atoms with Crippen molar-refractivity contribution < 1.29 is 19.4 Å². The summed E-state index contributed by atoms with van der Waals surface area (Å²) < 4.78 is 5.33. The Labute approximate surface area is 194 Å². The molecule has 3 aliphatic rings. The number of methoxy groups -OCH3 is 1. The number of allylic oxidation sites excluding steroid dienone is 1. The van der Waals surface area contributed by atoms with Crippen LogP contribution in [0, 0.1) is 11.3 Å². The number of likely N-dealkylation sites (tertiary alicyclic amines) is 1.